The zero-order valence-electron chi connectivity index (χ0n) is 10.8. The normalized spacial score (nSPS) is 36.4. The van der Waals surface area contributed by atoms with Crippen molar-refractivity contribution in [1.82, 2.24) is 4.90 Å². The molecule has 0 saturated carbocycles. The molecule has 7 heteroatoms. The van der Waals surface area contributed by atoms with Crippen LogP contribution in [0.15, 0.2) is 0 Å². The third-order valence-electron chi connectivity index (χ3n) is 3.12. The van der Waals surface area contributed by atoms with Gasteiger partial charge >= 0.3 is 0 Å². The first-order valence-corrected chi connectivity index (χ1v) is 5.91. The summed E-state index contributed by atoms with van der Waals surface area (Å²) in [5.41, 5.74) is 0. The molecule has 0 aromatic rings. The van der Waals surface area contributed by atoms with E-state index in [1.807, 2.05) is 0 Å². The minimum absolute atomic E-state index is 0.276. The Morgan fingerprint density at radius 3 is 2.44 bits per heavy atom. The number of carbonyl (C=O) groups is 1. The number of rotatable bonds is 4. The van der Waals surface area contributed by atoms with E-state index in [1.54, 1.807) is 6.92 Å². The van der Waals surface area contributed by atoms with Gasteiger partial charge in [-0.1, -0.05) is 0 Å². The molecule has 1 aliphatic heterocycles. The predicted octanol–water partition coefficient (Wildman–Crippen LogP) is -1.69. The Morgan fingerprint density at radius 1 is 1.39 bits per heavy atom. The summed E-state index contributed by atoms with van der Waals surface area (Å²) in [5, 5.41) is 28.9. The van der Waals surface area contributed by atoms with Crippen LogP contribution in [0.3, 0.4) is 0 Å². The van der Waals surface area contributed by atoms with Crippen molar-refractivity contribution in [1.29, 1.82) is 0 Å². The zero-order chi connectivity index (χ0) is 13.9. The first-order valence-electron chi connectivity index (χ1n) is 5.91. The van der Waals surface area contributed by atoms with E-state index >= 15 is 0 Å². The lowest BCUT2D eigenvalue weighted by atomic mass is 9.96. The Hall–Kier alpha value is -0.730. The lowest BCUT2D eigenvalue weighted by Gasteiger charge is -2.45. The number of aliphatic hydroxyl groups excluding tert-OH is 3. The number of aliphatic hydroxyl groups is 3. The Labute approximate surface area is 106 Å². The Kier molecular flexibility index (Phi) is 5.48. The zero-order valence-corrected chi connectivity index (χ0v) is 10.8. The van der Waals surface area contributed by atoms with E-state index < -0.39 is 37.3 Å². The maximum absolute atomic E-state index is 11.4. The molecule has 0 aliphatic carbocycles. The lowest BCUT2D eigenvalue weighted by molar-refractivity contribution is -0.282. The molecule has 3 N–H and O–H groups in total. The van der Waals surface area contributed by atoms with Gasteiger partial charge in [-0.25, -0.2) is 0 Å². The minimum Gasteiger partial charge on any atom is -0.394 e. The van der Waals surface area contributed by atoms with Crippen LogP contribution in [-0.4, -0.2) is 77.0 Å². The fourth-order valence-corrected chi connectivity index (χ4v) is 1.99. The van der Waals surface area contributed by atoms with E-state index in [4.69, 9.17) is 14.6 Å². The average molecular weight is 263 g/mol. The van der Waals surface area contributed by atoms with Crippen LogP contribution in [0.4, 0.5) is 0 Å². The van der Waals surface area contributed by atoms with E-state index in [9.17, 15) is 15.0 Å². The molecule has 5 atom stereocenters. The van der Waals surface area contributed by atoms with E-state index in [1.165, 1.54) is 18.9 Å². The quantitative estimate of drug-likeness (QED) is 0.559. The summed E-state index contributed by atoms with van der Waals surface area (Å²) in [6.45, 7) is 2.99. The van der Waals surface area contributed by atoms with Crippen molar-refractivity contribution in [2.24, 2.45) is 0 Å². The number of amides is 1. The molecule has 1 amide bonds. The van der Waals surface area contributed by atoms with Gasteiger partial charge in [0, 0.05) is 20.6 Å². The van der Waals surface area contributed by atoms with E-state index in [2.05, 4.69) is 0 Å². The SMILES string of the molecule is CCOC1O[C@H](CO)[C@H](O)[C@H](O)[C@H]1N(C)C(C)=O. The fraction of sp³-hybridized carbons (Fsp3) is 0.909. The molecule has 0 radical (unpaired) electrons. The molecule has 18 heavy (non-hydrogen) atoms. The Morgan fingerprint density at radius 2 is 2.00 bits per heavy atom. The number of carbonyl (C=O) groups excluding carboxylic acids is 1. The summed E-state index contributed by atoms with van der Waals surface area (Å²) < 4.78 is 10.7. The second-order valence-electron chi connectivity index (χ2n) is 4.28. The van der Waals surface area contributed by atoms with Crippen molar-refractivity contribution < 1.29 is 29.6 Å². The van der Waals surface area contributed by atoms with Crippen molar-refractivity contribution in [2.45, 2.75) is 44.5 Å². The van der Waals surface area contributed by atoms with Crippen LogP contribution in [0.2, 0.25) is 0 Å². The molecule has 1 rings (SSSR count). The highest BCUT2D eigenvalue weighted by atomic mass is 16.7. The van der Waals surface area contributed by atoms with Crippen LogP contribution in [0.1, 0.15) is 13.8 Å². The molecule has 0 aromatic heterocycles. The maximum atomic E-state index is 11.4. The van der Waals surface area contributed by atoms with Gasteiger partial charge in [-0.3, -0.25) is 4.79 Å². The molecule has 1 aliphatic rings. The van der Waals surface area contributed by atoms with E-state index in [-0.39, 0.29) is 5.91 Å². The number of hydrogen-bond acceptors (Lipinski definition) is 6. The summed E-state index contributed by atoms with van der Waals surface area (Å²) in [5.74, 6) is -0.276. The Bertz CT molecular complexity index is 287. The van der Waals surface area contributed by atoms with Gasteiger partial charge in [0.05, 0.1) is 6.61 Å². The maximum Gasteiger partial charge on any atom is 0.219 e. The van der Waals surface area contributed by atoms with E-state index in [0.29, 0.717) is 6.61 Å². The van der Waals surface area contributed by atoms with Gasteiger partial charge in [-0.05, 0) is 6.92 Å². The van der Waals surface area contributed by atoms with Crippen molar-refractivity contribution in [3.63, 3.8) is 0 Å². The molecule has 1 fully saturated rings. The van der Waals surface area contributed by atoms with E-state index in [0.717, 1.165) is 0 Å². The smallest absolute Gasteiger partial charge is 0.219 e. The summed E-state index contributed by atoms with van der Waals surface area (Å²) in [7, 11) is 1.50. The molecule has 1 unspecified atom stereocenters. The summed E-state index contributed by atoms with van der Waals surface area (Å²) in [6.07, 6.45) is -4.30. The summed E-state index contributed by atoms with van der Waals surface area (Å²) in [6, 6.07) is -0.805. The summed E-state index contributed by atoms with van der Waals surface area (Å²) in [4.78, 5) is 12.6. The molecule has 0 bridgehead atoms. The van der Waals surface area contributed by atoms with Crippen LogP contribution < -0.4 is 0 Å². The van der Waals surface area contributed by atoms with Crippen LogP contribution in [0.25, 0.3) is 0 Å². The predicted molar refractivity (Wildman–Crippen MR) is 61.6 cm³/mol. The first-order chi connectivity index (χ1) is 8.43. The number of nitrogens with zero attached hydrogens (tertiary/aromatic N) is 1. The lowest BCUT2D eigenvalue weighted by Crippen LogP contribution is -2.64. The van der Waals surface area contributed by atoms with Crippen LogP contribution in [0.5, 0.6) is 0 Å². The molecule has 0 spiro atoms. The summed E-state index contributed by atoms with van der Waals surface area (Å²) >= 11 is 0. The van der Waals surface area contributed by atoms with Gasteiger partial charge in [-0.15, -0.1) is 0 Å². The third-order valence-corrected chi connectivity index (χ3v) is 3.12. The van der Waals surface area contributed by atoms with Crippen molar-refractivity contribution >= 4 is 5.91 Å². The Balaban J connectivity index is 2.92. The molecular formula is C11H21NO6. The van der Waals surface area contributed by atoms with Crippen molar-refractivity contribution in [3.05, 3.63) is 0 Å². The minimum atomic E-state index is -1.27. The van der Waals surface area contributed by atoms with Gasteiger partial charge in [0.2, 0.25) is 5.91 Å². The largest absolute Gasteiger partial charge is 0.394 e. The number of ether oxygens (including phenoxy) is 2. The second-order valence-corrected chi connectivity index (χ2v) is 4.28. The van der Waals surface area contributed by atoms with Crippen molar-refractivity contribution in [2.75, 3.05) is 20.3 Å². The second kappa shape index (κ2) is 6.44. The molecular weight excluding hydrogens is 242 g/mol. The first kappa shape index (κ1) is 15.3. The monoisotopic (exact) mass is 263 g/mol. The van der Waals surface area contributed by atoms with Gasteiger partial charge in [0.1, 0.15) is 24.4 Å². The highest BCUT2D eigenvalue weighted by Gasteiger charge is 2.47. The third kappa shape index (κ3) is 2.99. The van der Waals surface area contributed by atoms with Gasteiger partial charge in [0.15, 0.2) is 6.29 Å². The molecule has 1 saturated heterocycles. The molecule has 7 nitrogen and oxygen atoms in total. The molecule has 1 heterocycles. The van der Waals surface area contributed by atoms with Crippen molar-refractivity contribution in [3.8, 4) is 0 Å². The van der Waals surface area contributed by atoms with Gasteiger partial charge in [-0.2, -0.15) is 0 Å². The molecule has 0 aromatic carbocycles. The van der Waals surface area contributed by atoms with Crippen LogP contribution >= 0.6 is 0 Å². The highest BCUT2D eigenvalue weighted by Crippen LogP contribution is 2.25. The average Bonchev–Trinajstić information content (AvgIpc) is 2.33. The molecule has 106 valence electrons. The topological polar surface area (TPSA) is 99.5 Å². The number of likely N-dealkylation sites (N-methyl/N-ethyl adjacent to an activating group) is 1. The van der Waals surface area contributed by atoms with Gasteiger partial charge in [0.25, 0.3) is 0 Å². The highest BCUT2D eigenvalue weighted by molar-refractivity contribution is 5.73. The van der Waals surface area contributed by atoms with Crippen LogP contribution in [0, 0.1) is 0 Å². The number of hydrogen-bond donors (Lipinski definition) is 3. The van der Waals surface area contributed by atoms with Gasteiger partial charge < -0.3 is 29.7 Å². The van der Waals surface area contributed by atoms with Crippen LogP contribution in [-0.2, 0) is 14.3 Å². The standard InChI is InChI=1S/C11H21NO6/c1-4-17-11-8(12(3)6(2)14)10(16)9(15)7(5-13)18-11/h7-11,13,15-16H,4-5H2,1-3H3/t7-,8-,9+,10-,11?/m1/s1. The fourth-order valence-electron chi connectivity index (χ4n) is 1.99.